The molecule has 0 unspecified atom stereocenters. The van der Waals surface area contributed by atoms with Gasteiger partial charge in [-0.15, -0.1) is 0 Å². The Morgan fingerprint density at radius 2 is 2.16 bits per heavy atom. The molecule has 1 aromatic carbocycles. The highest BCUT2D eigenvalue weighted by atomic mass is 79.9. The zero-order valence-electron chi connectivity index (χ0n) is 10.1. The Bertz CT molecular complexity index is 477. The zero-order chi connectivity index (χ0) is 13.8. The van der Waals surface area contributed by atoms with E-state index in [1.807, 2.05) is 24.3 Å². The Kier molecular flexibility index (Phi) is 4.85. The topological polar surface area (TPSA) is 38.8 Å². The first-order chi connectivity index (χ1) is 9.06. The summed E-state index contributed by atoms with van der Waals surface area (Å²) in [5, 5.41) is -0.128. The standard InChI is InChI=1S/C13H13BrClNO3/c1-9(15)19-13(17)16-6-7-18-12(8-16)10-2-4-11(14)5-3-10/h2-5,12H,1,6-8H2/t12-/m0/s1. The molecule has 6 heteroatoms. The Hall–Kier alpha value is -1.04. The van der Waals surface area contributed by atoms with Gasteiger partial charge < -0.3 is 14.4 Å². The largest absolute Gasteiger partial charge is 0.416 e. The number of carbonyl (C=O) groups is 1. The smallest absolute Gasteiger partial charge is 0.398 e. The lowest BCUT2D eigenvalue weighted by Crippen LogP contribution is -2.42. The summed E-state index contributed by atoms with van der Waals surface area (Å²) >= 11 is 8.84. The summed E-state index contributed by atoms with van der Waals surface area (Å²) in [6.45, 7) is 4.72. The fourth-order valence-electron chi connectivity index (χ4n) is 1.85. The zero-order valence-corrected chi connectivity index (χ0v) is 12.5. The first-order valence-electron chi connectivity index (χ1n) is 5.74. The van der Waals surface area contributed by atoms with Gasteiger partial charge in [-0.25, -0.2) is 4.79 Å². The lowest BCUT2D eigenvalue weighted by molar-refractivity contribution is -0.0243. The number of hydrogen-bond donors (Lipinski definition) is 0. The van der Waals surface area contributed by atoms with E-state index in [0.29, 0.717) is 19.7 Å². The first-order valence-corrected chi connectivity index (χ1v) is 6.91. The van der Waals surface area contributed by atoms with Gasteiger partial charge in [-0.3, -0.25) is 0 Å². The lowest BCUT2D eigenvalue weighted by Gasteiger charge is -2.32. The third kappa shape index (κ3) is 3.96. The number of benzene rings is 1. The number of ether oxygens (including phenoxy) is 2. The average Bonchev–Trinajstić information content (AvgIpc) is 2.39. The molecule has 1 aliphatic rings. The molecule has 1 fully saturated rings. The normalized spacial score (nSPS) is 19.1. The van der Waals surface area contributed by atoms with Gasteiger partial charge in [0, 0.05) is 11.0 Å². The molecule has 0 aromatic heterocycles. The summed E-state index contributed by atoms with van der Waals surface area (Å²) in [6.07, 6.45) is -0.650. The predicted octanol–water partition coefficient (Wildman–Crippen LogP) is 3.67. The van der Waals surface area contributed by atoms with Gasteiger partial charge in [0.2, 0.25) is 0 Å². The molecule has 0 N–H and O–H groups in total. The molecule has 19 heavy (non-hydrogen) atoms. The summed E-state index contributed by atoms with van der Waals surface area (Å²) in [7, 11) is 0. The van der Waals surface area contributed by atoms with Gasteiger partial charge in [0.25, 0.3) is 0 Å². The van der Waals surface area contributed by atoms with Crippen LogP contribution in [0.15, 0.2) is 40.5 Å². The van der Waals surface area contributed by atoms with E-state index in [1.165, 1.54) is 0 Å². The highest BCUT2D eigenvalue weighted by Crippen LogP contribution is 2.24. The van der Waals surface area contributed by atoms with Crippen molar-refractivity contribution in [1.29, 1.82) is 0 Å². The fraction of sp³-hybridized carbons (Fsp3) is 0.308. The van der Waals surface area contributed by atoms with Crippen LogP contribution in [0.25, 0.3) is 0 Å². The van der Waals surface area contributed by atoms with Crippen molar-refractivity contribution in [1.82, 2.24) is 4.90 Å². The second kappa shape index (κ2) is 6.41. The molecular weight excluding hydrogens is 334 g/mol. The van der Waals surface area contributed by atoms with Gasteiger partial charge in [0.05, 0.1) is 13.2 Å². The Morgan fingerprint density at radius 3 is 2.79 bits per heavy atom. The van der Waals surface area contributed by atoms with Gasteiger partial charge in [-0.1, -0.05) is 28.1 Å². The monoisotopic (exact) mass is 345 g/mol. The minimum Gasteiger partial charge on any atom is -0.398 e. The summed E-state index contributed by atoms with van der Waals surface area (Å²) in [5.74, 6) is 0. The molecule has 1 saturated heterocycles. The van der Waals surface area contributed by atoms with E-state index in [1.54, 1.807) is 4.90 Å². The van der Waals surface area contributed by atoms with Gasteiger partial charge in [0.15, 0.2) is 5.22 Å². The van der Waals surface area contributed by atoms with Crippen LogP contribution >= 0.6 is 27.5 Å². The van der Waals surface area contributed by atoms with Crippen molar-refractivity contribution in [3.8, 4) is 0 Å². The molecule has 1 atom stereocenters. The van der Waals surface area contributed by atoms with Crippen molar-refractivity contribution in [2.24, 2.45) is 0 Å². The third-order valence-corrected chi connectivity index (χ3v) is 3.37. The number of halogens is 2. The van der Waals surface area contributed by atoms with E-state index in [9.17, 15) is 4.79 Å². The summed E-state index contributed by atoms with van der Waals surface area (Å²) in [6, 6.07) is 7.81. The molecular formula is C13H13BrClNO3. The number of hydrogen-bond acceptors (Lipinski definition) is 3. The highest BCUT2D eigenvalue weighted by molar-refractivity contribution is 9.10. The number of rotatable bonds is 2. The SMILES string of the molecule is C=C(Cl)OC(=O)N1CCO[C@H](c2ccc(Br)cc2)C1. The highest BCUT2D eigenvalue weighted by Gasteiger charge is 2.26. The molecule has 0 radical (unpaired) electrons. The maximum atomic E-state index is 11.7. The molecule has 0 bridgehead atoms. The fourth-order valence-corrected chi connectivity index (χ4v) is 2.18. The first kappa shape index (κ1) is 14.4. The summed E-state index contributed by atoms with van der Waals surface area (Å²) < 4.78 is 11.5. The Labute approximate surface area is 125 Å². The van der Waals surface area contributed by atoms with Gasteiger partial charge in [-0.2, -0.15) is 0 Å². The minimum absolute atomic E-state index is 0.128. The number of amides is 1. The van der Waals surface area contributed by atoms with Gasteiger partial charge in [0.1, 0.15) is 6.10 Å². The number of nitrogens with zero attached hydrogens (tertiary/aromatic N) is 1. The molecule has 1 aromatic rings. The van der Waals surface area contributed by atoms with Crippen LogP contribution in [-0.4, -0.2) is 30.7 Å². The maximum absolute atomic E-state index is 11.7. The second-order valence-corrected chi connectivity index (χ2v) is 5.42. The van der Waals surface area contributed by atoms with Crippen molar-refractivity contribution in [3.63, 3.8) is 0 Å². The van der Waals surface area contributed by atoms with Crippen LogP contribution in [0.5, 0.6) is 0 Å². The van der Waals surface area contributed by atoms with E-state index >= 15 is 0 Å². The van der Waals surface area contributed by atoms with Crippen LogP contribution in [0.1, 0.15) is 11.7 Å². The average molecular weight is 347 g/mol. The van der Waals surface area contributed by atoms with E-state index in [0.717, 1.165) is 10.0 Å². The van der Waals surface area contributed by atoms with E-state index in [2.05, 4.69) is 22.5 Å². The quantitative estimate of drug-likeness (QED) is 0.767. The molecule has 0 aliphatic carbocycles. The molecule has 0 spiro atoms. The van der Waals surface area contributed by atoms with Crippen molar-refractivity contribution in [3.05, 3.63) is 46.1 Å². The molecule has 2 rings (SSSR count). The van der Waals surface area contributed by atoms with Crippen LogP contribution in [0.3, 0.4) is 0 Å². The predicted molar refractivity (Wildman–Crippen MR) is 75.9 cm³/mol. The maximum Gasteiger partial charge on any atom is 0.416 e. The van der Waals surface area contributed by atoms with Crippen LogP contribution in [0.2, 0.25) is 0 Å². The van der Waals surface area contributed by atoms with E-state index in [4.69, 9.17) is 21.1 Å². The number of morpholine rings is 1. The second-order valence-electron chi connectivity index (χ2n) is 4.08. The van der Waals surface area contributed by atoms with E-state index < -0.39 is 6.09 Å². The van der Waals surface area contributed by atoms with Crippen molar-refractivity contribution < 1.29 is 14.3 Å². The van der Waals surface area contributed by atoms with Crippen LogP contribution in [0, 0.1) is 0 Å². The Balaban J connectivity index is 2.02. The lowest BCUT2D eigenvalue weighted by atomic mass is 10.1. The van der Waals surface area contributed by atoms with Crippen molar-refractivity contribution in [2.75, 3.05) is 19.7 Å². The van der Waals surface area contributed by atoms with Crippen LogP contribution < -0.4 is 0 Å². The Morgan fingerprint density at radius 1 is 1.47 bits per heavy atom. The molecule has 4 nitrogen and oxygen atoms in total. The molecule has 1 aliphatic heterocycles. The van der Waals surface area contributed by atoms with E-state index in [-0.39, 0.29) is 11.3 Å². The van der Waals surface area contributed by atoms with Crippen LogP contribution in [-0.2, 0) is 9.47 Å². The van der Waals surface area contributed by atoms with Crippen molar-refractivity contribution >= 4 is 33.6 Å². The molecule has 1 heterocycles. The summed E-state index contributed by atoms with van der Waals surface area (Å²) in [4.78, 5) is 13.3. The minimum atomic E-state index is -0.495. The molecule has 102 valence electrons. The third-order valence-electron chi connectivity index (χ3n) is 2.76. The van der Waals surface area contributed by atoms with Crippen molar-refractivity contribution in [2.45, 2.75) is 6.10 Å². The van der Waals surface area contributed by atoms with Gasteiger partial charge >= 0.3 is 6.09 Å². The summed E-state index contributed by atoms with van der Waals surface area (Å²) in [5.41, 5.74) is 1.02. The molecule has 1 amide bonds. The number of carbonyl (C=O) groups excluding carboxylic acids is 1. The molecule has 0 saturated carbocycles. The van der Waals surface area contributed by atoms with Gasteiger partial charge in [-0.05, 0) is 35.9 Å². The van der Waals surface area contributed by atoms with Crippen LogP contribution in [0.4, 0.5) is 4.79 Å².